The Hall–Kier alpha value is -0.940. The van der Waals surface area contributed by atoms with Crippen molar-refractivity contribution in [2.24, 2.45) is 5.73 Å². The Morgan fingerprint density at radius 2 is 2.55 bits per heavy atom. The summed E-state index contributed by atoms with van der Waals surface area (Å²) in [6, 6.07) is 0. The van der Waals surface area contributed by atoms with Gasteiger partial charge in [-0.25, -0.2) is 0 Å². The van der Waals surface area contributed by atoms with E-state index < -0.39 is 6.10 Å². The molecule has 11 heavy (non-hydrogen) atoms. The van der Waals surface area contributed by atoms with Crippen molar-refractivity contribution in [3.05, 3.63) is 12.2 Å². The lowest BCUT2D eigenvalue weighted by Gasteiger charge is -2.06. The Morgan fingerprint density at radius 3 is 3.09 bits per heavy atom. The van der Waals surface area contributed by atoms with Crippen molar-refractivity contribution >= 4 is 0 Å². The van der Waals surface area contributed by atoms with Gasteiger partial charge < -0.3 is 15.4 Å². The van der Waals surface area contributed by atoms with Crippen LogP contribution in [0, 0.1) is 0 Å². The molecule has 0 saturated carbocycles. The van der Waals surface area contributed by atoms with E-state index in [9.17, 15) is 5.11 Å². The van der Waals surface area contributed by atoms with Crippen LogP contribution in [0.15, 0.2) is 6.33 Å². The molecular formula is C6H12N4O. The summed E-state index contributed by atoms with van der Waals surface area (Å²) in [6.07, 6.45) is 0.881. The van der Waals surface area contributed by atoms with Gasteiger partial charge in [0.05, 0.1) is 0 Å². The van der Waals surface area contributed by atoms with Crippen molar-refractivity contribution < 1.29 is 5.11 Å². The first-order chi connectivity index (χ1) is 5.29. The van der Waals surface area contributed by atoms with Crippen molar-refractivity contribution in [3.8, 4) is 0 Å². The summed E-state index contributed by atoms with van der Waals surface area (Å²) in [7, 11) is 0. The smallest absolute Gasteiger partial charge is 0.163 e. The van der Waals surface area contributed by atoms with Crippen LogP contribution >= 0.6 is 0 Å². The number of hydrogen-bond donors (Lipinski definition) is 2. The minimum atomic E-state index is -0.697. The molecule has 0 fully saturated rings. The molecule has 0 radical (unpaired) electrons. The second-order valence-corrected chi connectivity index (χ2v) is 2.23. The number of aryl methyl sites for hydroxylation is 1. The van der Waals surface area contributed by atoms with Gasteiger partial charge >= 0.3 is 0 Å². The highest BCUT2D eigenvalue weighted by atomic mass is 16.3. The van der Waals surface area contributed by atoms with Crippen LogP contribution in [-0.4, -0.2) is 26.4 Å². The molecule has 1 rings (SSSR count). The first-order valence-corrected chi connectivity index (χ1v) is 3.55. The lowest BCUT2D eigenvalue weighted by molar-refractivity contribution is 0.171. The summed E-state index contributed by atoms with van der Waals surface area (Å²) in [6.45, 7) is 2.88. The lowest BCUT2D eigenvalue weighted by Crippen LogP contribution is -2.16. The van der Waals surface area contributed by atoms with Crippen LogP contribution < -0.4 is 5.73 Å². The SMILES string of the molecule is CCn1cnnc1[C@@H](O)CN. The quantitative estimate of drug-likeness (QED) is 0.606. The molecule has 0 saturated heterocycles. The molecule has 5 heteroatoms. The van der Waals surface area contributed by atoms with Gasteiger partial charge in [-0.1, -0.05) is 0 Å². The number of nitrogens with two attached hydrogens (primary N) is 1. The van der Waals surface area contributed by atoms with Gasteiger partial charge in [0, 0.05) is 13.1 Å². The maximum Gasteiger partial charge on any atom is 0.163 e. The number of aromatic nitrogens is 3. The zero-order valence-corrected chi connectivity index (χ0v) is 6.44. The normalized spacial score (nSPS) is 13.4. The zero-order chi connectivity index (χ0) is 8.27. The van der Waals surface area contributed by atoms with E-state index in [2.05, 4.69) is 10.2 Å². The lowest BCUT2D eigenvalue weighted by atomic mass is 10.3. The molecular weight excluding hydrogens is 144 g/mol. The van der Waals surface area contributed by atoms with Gasteiger partial charge in [-0.3, -0.25) is 0 Å². The van der Waals surface area contributed by atoms with Crippen LogP contribution in [0.1, 0.15) is 18.9 Å². The van der Waals surface area contributed by atoms with Crippen molar-refractivity contribution in [2.45, 2.75) is 19.6 Å². The van der Waals surface area contributed by atoms with Crippen molar-refractivity contribution in [1.29, 1.82) is 0 Å². The number of rotatable bonds is 3. The molecule has 1 aromatic rings. The second kappa shape index (κ2) is 3.45. The van der Waals surface area contributed by atoms with E-state index in [4.69, 9.17) is 5.73 Å². The largest absolute Gasteiger partial charge is 0.384 e. The fourth-order valence-electron chi connectivity index (χ4n) is 0.871. The predicted octanol–water partition coefficient (Wildman–Crippen LogP) is -0.710. The van der Waals surface area contributed by atoms with Crippen LogP contribution in [0.4, 0.5) is 0 Å². The average molecular weight is 156 g/mol. The summed E-state index contributed by atoms with van der Waals surface area (Å²) >= 11 is 0. The Balaban J connectivity index is 2.83. The topological polar surface area (TPSA) is 77.0 Å². The molecule has 0 aliphatic heterocycles. The molecule has 0 bridgehead atoms. The molecule has 0 unspecified atom stereocenters. The Bertz CT molecular complexity index is 222. The Morgan fingerprint density at radius 1 is 1.82 bits per heavy atom. The van der Waals surface area contributed by atoms with E-state index in [0.29, 0.717) is 5.82 Å². The highest BCUT2D eigenvalue weighted by Gasteiger charge is 2.11. The summed E-state index contributed by atoms with van der Waals surface area (Å²) < 4.78 is 1.76. The minimum absolute atomic E-state index is 0.179. The fourth-order valence-corrected chi connectivity index (χ4v) is 0.871. The maximum absolute atomic E-state index is 9.28. The molecule has 0 amide bonds. The molecule has 3 N–H and O–H groups in total. The van der Waals surface area contributed by atoms with Gasteiger partial charge in [-0.15, -0.1) is 10.2 Å². The van der Waals surface area contributed by atoms with Crippen LogP contribution in [0.3, 0.4) is 0 Å². The van der Waals surface area contributed by atoms with Crippen molar-refractivity contribution in [3.63, 3.8) is 0 Å². The maximum atomic E-state index is 9.28. The van der Waals surface area contributed by atoms with Gasteiger partial charge in [0.15, 0.2) is 5.82 Å². The standard InChI is InChI=1S/C6H12N4O/c1-2-10-4-8-9-6(10)5(11)3-7/h4-5,11H,2-3,7H2,1H3/t5-/m0/s1. The fraction of sp³-hybridized carbons (Fsp3) is 0.667. The second-order valence-electron chi connectivity index (χ2n) is 2.23. The van der Waals surface area contributed by atoms with Gasteiger partial charge in [0.25, 0.3) is 0 Å². The van der Waals surface area contributed by atoms with Gasteiger partial charge in [0.2, 0.25) is 0 Å². The molecule has 0 spiro atoms. The van der Waals surface area contributed by atoms with E-state index in [0.717, 1.165) is 6.54 Å². The molecule has 62 valence electrons. The third kappa shape index (κ3) is 1.55. The molecule has 5 nitrogen and oxygen atoms in total. The first kappa shape index (κ1) is 8.16. The third-order valence-electron chi connectivity index (χ3n) is 1.51. The Kier molecular flexibility index (Phi) is 2.56. The molecule has 1 heterocycles. The van der Waals surface area contributed by atoms with Crippen LogP contribution in [0.2, 0.25) is 0 Å². The van der Waals surface area contributed by atoms with Crippen LogP contribution in [0.25, 0.3) is 0 Å². The summed E-state index contributed by atoms with van der Waals surface area (Å²) in [5.74, 6) is 0.537. The molecule has 1 aromatic heterocycles. The van der Waals surface area contributed by atoms with E-state index in [-0.39, 0.29) is 6.54 Å². The number of aliphatic hydroxyl groups excluding tert-OH is 1. The molecule has 0 aromatic carbocycles. The molecule has 0 aliphatic rings. The van der Waals surface area contributed by atoms with Crippen LogP contribution in [-0.2, 0) is 6.54 Å². The van der Waals surface area contributed by atoms with Gasteiger partial charge in [0.1, 0.15) is 12.4 Å². The molecule has 0 aliphatic carbocycles. The van der Waals surface area contributed by atoms with Crippen molar-refractivity contribution in [1.82, 2.24) is 14.8 Å². The van der Waals surface area contributed by atoms with E-state index in [1.165, 1.54) is 0 Å². The highest BCUT2D eigenvalue weighted by Crippen LogP contribution is 2.06. The summed E-state index contributed by atoms with van der Waals surface area (Å²) in [5.41, 5.74) is 5.26. The highest BCUT2D eigenvalue weighted by molar-refractivity contribution is 4.90. The Labute approximate surface area is 64.9 Å². The number of nitrogens with zero attached hydrogens (tertiary/aromatic N) is 3. The van der Waals surface area contributed by atoms with Gasteiger partial charge in [-0.2, -0.15) is 0 Å². The third-order valence-corrected chi connectivity index (χ3v) is 1.51. The van der Waals surface area contributed by atoms with E-state index in [1.807, 2.05) is 6.92 Å². The van der Waals surface area contributed by atoms with E-state index >= 15 is 0 Å². The first-order valence-electron chi connectivity index (χ1n) is 3.55. The van der Waals surface area contributed by atoms with Crippen LogP contribution in [0.5, 0.6) is 0 Å². The van der Waals surface area contributed by atoms with Crippen molar-refractivity contribution in [2.75, 3.05) is 6.54 Å². The summed E-state index contributed by atoms with van der Waals surface area (Å²) in [4.78, 5) is 0. The zero-order valence-electron chi connectivity index (χ0n) is 6.44. The number of hydrogen-bond acceptors (Lipinski definition) is 4. The molecule has 1 atom stereocenters. The average Bonchev–Trinajstić information content (AvgIpc) is 2.50. The minimum Gasteiger partial charge on any atom is -0.384 e. The van der Waals surface area contributed by atoms with Gasteiger partial charge in [-0.05, 0) is 6.92 Å². The number of aliphatic hydroxyl groups is 1. The predicted molar refractivity (Wildman–Crippen MR) is 39.7 cm³/mol. The van der Waals surface area contributed by atoms with E-state index in [1.54, 1.807) is 10.9 Å². The monoisotopic (exact) mass is 156 g/mol. The summed E-state index contributed by atoms with van der Waals surface area (Å²) in [5, 5.41) is 16.7.